The van der Waals surface area contributed by atoms with Crippen LogP contribution in [0.15, 0.2) is 22.9 Å². The van der Waals surface area contributed by atoms with Crippen LogP contribution in [0, 0.1) is 12.7 Å². The Balaban J connectivity index is 1.61. The number of benzene rings is 1. The zero-order valence-corrected chi connectivity index (χ0v) is 16.7. The van der Waals surface area contributed by atoms with E-state index in [1.807, 2.05) is 18.7 Å². The molecule has 2 atom stereocenters. The van der Waals surface area contributed by atoms with Gasteiger partial charge in [0.25, 0.3) is 5.88 Å². The van der Waals surface area contributed by atoms with E-state index in [0.717, 1.165) is 25.9 Å². The van der Waals surface area contributed by atoms with Crippen molar-refractivity contribution in [2.75, 3.05) is 36.6 Å². The van der Waals surface area contributed by atoms with Gasteiger partial charge in [0, 0.05) is 30.8 Å². The van der Waals surface area contributed by atoms with Gasteiger partial charge in [-0.25, -0.2) is 9.18 Å². The predicted octanol–water partition coefficient (Wildman–Crippen LogP) is 3.52. The van der Waals surface area contributed by atoms with Gasteiger partial charge in [0.05, 0.1) is 18.8 Å². The Kier molecular flexibility index (Phi) is 5.21. The summed E-state index contributed by atoms with van der Waals surface area (Å²) in [5.41, 5.74) is 1.58. The fraction of sp³-hybridized carbons (Fsp3) is 0.500. The summed E-state index contributed by atoms with van der Waals surface area (Å²) in [6.45, 7) is 5.35. The monoisotopic (exact) mass is 405 g/mol. The first-order chi connectivity index (χ1) is 14.0. The molecule has 0 bridgehead atoms. The molecular formula is C20H24FN3O5. The van der Waals surface area contributed by atoms with Crippen molar-refractivity contribution in [2.24, 2.45) is 0 Å². The molecule has 0 unspecified atom stereocenters. The van der Waals surface area contributed by atoms with Crippen LogP contribution in [0.5, 0.6) is 11.6 Å². The molecule has 4 rings (SSSR count). The minimum atomic E-state index is -0.551. The zero-order chi connectivity index (χ0) is 20.5. The third kappa shape index (κ3) is 3.45. The lowest BCUT2D eigenvalue weighted by molar-refractivity contribution is 0.0909. The van der Waals surface area contributed by atoms with Crippen molar-refractivity contribution in [3.8, 4) is 11.6 Å². The van der Waals surface area contributed by atoms with E-state index in [0.29, 0.717) is 28.6 Å². The minimum Gasteiger partial charge on any atom is -0.494 e. The Bertz CT molecular complexity index is 883. The summed E-state index contributed by atoms with van der Waals surface area (Å²) in [5, 5.41) is 3.67. The van der Waals surface area contributed by atoms with Gasteiger partial charge in [0.2, 0.25) is 0 Å². The van der Waals surface area contributed by atoms with Crippen LogP contribution in [0.25, 0.3) is 0 Å². The maximum absolute atomic E-state index is 15.1. The molecule has 0 saturated carbocycles. The van der Waals surface area contributed by atoms with E-state index in [9.17, 15) is 4.79 Å². The molecule has 0 radical (unpaired) electrons. The molecule has 2 aliphatic rings. The third-order valence-electron chi connectivity index (χ3n) is 5.52. The summed E-state index contributed by atoms with van der Waals surface area (Å²) in [6, 6.07) is 2.60. The van der Waals surface area contributed by atoms with Crippen LogP contribution in [-0.4, -0.2) is 50.2 Å². The second kappa shape index (κ2) is 7.81. The van der Waals surface area contributed by atoms with Gasteiger partial charge in [-0.1, -0.05) is 0 Å². The van der Waals surface area contributed by atoms with Crippen LogP contribution < -0.4 is 19.3 Å². The highest BCUT2D eigenvalue weighted by Crippen LogP contribution is 2.43. The first kappa shape index (κ1) is 19.4. The van der Waals surface area contributed by atoms with Crippen LogP contribution in [0.2, 0.25) is 0 Å². The lowest BCUT2D eigenvalue weighted by Gasteiger charge is -2.27. The number of hydrogen-bond donors (Lipinski definition) is 0. The Hall–Kier alpha value is -2.97. The van der Waals surface area contributed by atoms with E-state index >= 15 is 4.39 Å². The van der Waals surface area contributed by atoms with Gasteiger partial charge in [0.15, 0.2) is 11.9 Å². The summed E-state index contributed by atoms with van der Waals surface area (Å²) in [5.74, 6) is 0.349. The molecule has 8 nitrogen and oxygen atoms in total. The molecule has 2 fully saturated rings. The van der Waals surface area contributed by atoms with Crippen LogP contribution in [0.1, 0.15) is 25.3 Å². The molecule has 0 spiro atoms. The zero-order valence-electron chi connectivity index (χ0n) is 16.7. The standard InChI is InChI=1S/C20H24FN3O5/c1-12-15(10-14(21)18(19(12)26-3)23-7-4-5-8-23)24-13(2)16(29-20(24)25)11-27-17-6-9-28-22-17/h6,9-10,13,16H,4-5,7-8,11H2,1-3H3/t13-,16-/m0/s1. The lowest BCUT2D eigenvalue weighted by Crippen LogP contribution is -2.37. The number of rotatable bonds is 6. The van der Waals surface area contributed by atoms with Gasteiger partial charge < -0.3 is 23.6 Å². The van der Waals surface area contributed by atoms with Crippen molar-refractivity contribution in [3.05, 3.63) is 29.8 Å². The van der Waals surface area contributed by atoms with Crippen LogP contribution in [0.4, 0.5) is 20.6 Å². The number of halogens is 1. The van der Waals surface area contributed by atoms with Gasteiger partial charge in [-0.05, 0) is 31.8 Å². The SMILES string of the molecule is COc1c(C)c(N2C(=O)O[C@@H](COc3ccon3)[C@@H]2C)cc(F)c1N1CCCC1. The molecular weight excluding hydrogens is 381 g/mol. The number of carbonyl (C=O) groups excluding carboxylic acids is 1. The van der Waals surface area contributed by atoms with Gasteiger partial charge in [0.1, 0.15) is 24.3 Å². The average Bonchev–Trinajstić information content (AvgIpc) is 3.44. The number of hydrogen-bond acceptors (Lipinski definition) is 7. The molecule has 0 aliphatic carbocycles. The Morgan fingerprint density at radius 1 is 1.34 bits per heavy atom. The molecule has 9 heteroatoms. The van der Waals surface area contributed by atoms with E-state index in [1.54, 1.807) is 6.07 Å². The molecule has 1 amide bonds. The molecule has 2 aliphatic heterocycles. The molecule has 2 aromatic rings. The van der Waals surface area contributed by atoms with Crippen molar-refractivity contribution < 1.29 is 27.9 Å². The number of ether oxygens (including phenoxy) is 3. The second-order valence-electron chi connectivity index (χ2n) is 7.26. The number of amides is 1. The second-order valence-corrected chi connectivity index (χ2v) is 7.26. The predicted molar refractivity (Wildman–Crippen MR) is 103 cm³/mol. The van der Waals surface area contributed by atoms with E-state index in [-0.39, 0.29) is 12.6 Å². The van der Waals surface area contributed by atoms with Crippen molar-refractivity contribution in [3.63, 3.8) is 0 Å². The third-order valence-corrected chi connectivity index (χ3v) is 5.52. The van der Waals surface area contributed by atoms with Crippen LogP contribution in [0.3, 0.4) is 0 Å². The van der Waals surface area contributed by atoms with E-state index in [1.165, 1.54) is 24.3 Å². The maximum atomic E-state index is 15.1. The lowest BCUT2D eigenvalue weighted by atomic mass is 10.1. The summed E-state index contributed by atoms with van der Waals surface area (Å²) >= 11 is 0. The van der Waals surface area contributed by atoms with Crippen molar-refractivity contribution in [1.82, 2.24) is 5.16 Å². The molecule has 2 saturated heterocycles. The summed E-state index contributed by atoms with van der Waals surface area (Å²) in [4.78, 5) is 16.0. The number of nitrogens with zero attached hydrogens (tertiary/aromatic N) is 3. The molecule has 3 heterocycles. The van der Waals surface area contributed by atoms with Crippen molar-refractivity contribution in [1.29, 1.82) is 0 Å². The smallest absolute Gasteiger partial charge is 0.415 e. The average molecular weight is 405 g/mol. The number of anilines is 2. The quantitative estimate of drug-likeness (QED) is 0.728. The molecule has 156 valence electrons. The van der Waals surface area contributed by atoms with Crippen molar-refractivity contribution >= 4 is 17.5 Å². The highest BCUT2D eigenvalue weighted by atomic mass is 19.1. The van der Waals surface area contributed by atoms with Crippen LogP contribution >= 0.6 is 0 Å². The van der Waals surface area contributed by atoms with E-state index in [4.69, 9.17) is 18.7 Å². The normalized spacial score (nSPS) is 21.6. The van der Waals surface area contributed by atoms with Gasteiger partial charge in [-0.3, -0.25) is 4.90 Å². The van der Waals surface area contributed by atoms with Gasteiger partial charge >= 0.3 is 6.09 Å². The number of cyclic esters (lactones) is 1. The largest absolute Gasteiger partial charge is 0.494 e. The minimum absolute atomic E-state index is 0.112. The van der Waals surface area contributed by atoms with Gasteiger partial charge in [-0.15, -0.1) is 0 Å². The van der Waals surface area contributed by atoms with E-state index in [2.05, 4.69) is 5.16 Å². The summed E-state index contributed by atoms with van der Waals surface area (Å²) in [6.07, 6.45) is 2.35. The summed E-state index contributed by atoms with van der Waals surface area (Å²) in [7, 11) is 1.52. The van der Waals surface area contributed by atoms with E-state index < -0.39 is 18.0 Å². The van der Waals surface area contributed by atoms with Crippen LogP contribution in [-0.2, 0) is 4.74 Å². The van der Waals surface area contributed by atoms with Crippen molar-refractivity contribution in [2.45, 2.75) is 38.8 Å². The number of aromatic nitrogens is 1. The Morgan fingerprint density at radius 3 is 2.76 bits per heavy atom. The highest BCUT2D eigenvalue weighted by Gasteiger charge is 2.42. The number of methoxy groups -OCH3 is 1. The molecule has 1 aromatic carbocycles. The fourth-order valence-electron chi connectivity index (χ4n) is 3.99. The Morgan fingerprint density at radius 2 is 2.10 bits per heavy atom. The number of carbonyl (C=O) groups is 1. The first-order valence-electron chi connectivity index (χ1n) is 9.66. The Labute approximate surface area is 168 Å². The molecule has 1 aromatic heterocycles. The fourth-order valence-corrected chi connectivity index (χ4v) is 3.99. The topological polar surface area (TPSA) is 77.3 Å². The molecule has 29 heavy (non-hydrogen) atoms. The molecule has 0 N–H and O–H groups in total. The first-order valence-corrected chi connectivity index (χ1v) is 9.66. The summed E-state index contributed by atoms with van der Waals surface area (Å²) < 4.78 is 36.4. The maximum Gasteiger partial charge on any atom is 0.415 e. The highest BCUT2D eigenvalue weighted by molar-refractivity contribution is 5.93. The van der Waals surface area contributed by atoms with Gasteiger partial charge in [-0.2, -0.15) is 0 Å².